The second kappa shape index (κ2) is 4.62. The molecule has 0 saturated carbocycles. The molecule has 0 spiro atoms. The van der Waals surface area contributed by atoms with Crippen LogP contribution in [0.1, 0.15) is 16.8 Å². The lowest BCUT2D eigenvalue weighted by atomic mass is 10.1. The molecule has 0 saturated heterocycles. The van der Waals surface area contributed by atoms with Gasteiger partial charge in [-0.2, -0.15) is 0 Å². The van der Waals surface area contributed by atoms with Crippen molar-refractivity contribution in [3.05, 3.63) is 64.2 Å². The summed E-state index contributed by atoms with van der Waals surface area (Å²) in [7, 11) is 0. The van der Waals surface area contributed by atoms with E-state index in [4.69, 9.17) is 11.6 Å². The van der Waals surface area contributed by atoms with E-state index >= 15 is 0 Å². The zero-order valence-corrected chi connectivity index (χ0v) is 9.63. The number of hydrogen-bond acceptors (Lipinski definition) is 1. The molecule has 0 unspecified atom stereocenters. The van der Waals surface area contributed by atoms with Gasteiger partial charge in [-0.1, -0.05) is 23.7 Å². The Morgan fingerprint density at radius 1 is 1.25 bits per heavy atom. The second-order valence-corrected chi connectivity index (χ2v) is 4.16. The lowest BCUT2D eigenvalue weighted by molar-refractivity contribution is 0.616. The van der Waals surface area contributed by atoms with Crippen LogP contribution in [-0.2, 0) is 6.42 Å². The van der Waals surface area contributed by atoms with Crippen molar-refractivity contribution in [1.82, 2.24) is 4.98 Å². The highest BCUT2D eigenvalue weighted by Gasteiger charge is 2.01. The molecule has 1 aromatic heterocycles. The van der Waals surface area contributed by atoms with Crippen molar-refractivity contribution in [2.24, 2.45) is 0 Å². The first kappa shape index (κ1) is 11.1. The van der Waals surface area contributed by atoms with Gasteiger partial charge in [0.25, 0.3) is 0 Å². The van der Waals surface area contributed by atoms with E-state index in [1.54, 1.807) is 31.3 Å². The number of rotatable bonds is 2. The first-order chi connectivity index (χ1) is 7.65. The summed E-state index contributed by atoms with van der Waals surface area (Å²) in [6.45, 7) is 1.75. The molecule has 0 atom stereocenters. The van der Waals surface area contributed by atoms with Gasteiger partial charge in [0.2, 0.25) is 0 Å². The lowest BCUT2D eigenvalue weighted by Gasteiger charge is -2.03. The molecule has 1 nitrogen and oxygen atoms in total. The van der Waals surface area contributed by atoms with Crippen LogP contribution in [0.15, 0.2) is 36.5 Å². The highest BCUT2D eigenvalue weighted by Crippen LogP contribution is 2.13. The van der Waals surface area contributed by atoms with Gasteiger partial charge < -0.3 is 0 Å². The first-order valence-corrected chi connectivity index (χ1v) is 5.38. The average molecular weight is 236 g/mol. The Hall–Kier alpha value is -1.41. The van der Waals surface area contributed by atoms with Gasteiger partial charge in [-0.3, -0.25) is 4.98 Å². The maximum absolute atomic E-state index is 13.3. The average Bonchev–Trinajstić information content (AvgIpc) is 2.27. The fourth-order valence-corrected chi connectivity index (χ4v) is 1.58. The van der Waals surface area contributed by atoms with E-state index in [1.807, 2.05) is 12.1 Å². The normalized spacial score (nSPS) is 10.4. The Balaban J connectivity index is 2.20. The largest absolute Gasteiger partial charge is 0.259 e. The highest BCUT2D eigenvalue weighted by atomic mass is 35.5. The van der Waals surface area contributed by atoms with Crippen LogP contribution < -0.4 is 0 Å². The number of nitrogens with zero attached hydrogens (tertiary/aromatic N) is 1. The zero-order valence-electron chi connectivity index (χ0n) is 8.87. The van der Waals surface area contributed by atoms with Crippen molar-refractivity contribution in [1.29, 1.82) is 0 Å². The third-order valence-electron chi connectivity index (χ3n) is 2.41. The zero-order chi connectivity index (χ0) is 11.5. The number of pyridine rings is 1. The van der Waals surface area contributed by atoms with Crippen molar-refractivity contribution < 1.29 is 4.39 Å². The molecule has 0 N–H and O–H groups in total. The minimum absolute atomic E-state index is 0.175. The van der Waals surface area contributed by atoms with Gasteiger partial charge in [-0.15, -0.1) is 0 Å². The molecular weight excluding hydrogens is 225 g/mol. The molecular formula is C13H11ClFN. The maximum atomic E-state index is 13.3. The fraction of sp³-hybridized carbons (Fsp3) is 0.154. The molecule has 3 heteroatoms. The maximum Gasteiger partial charge on any atom is 0.126 e. The van der Waals surface area contributed by atoms with Gasteiger partial charge in [-0.25, -0.2) is 4.39 Å². The minimum atomic E-state index is -0.175. The van der Waals surface area contributed by atoms with Gasteiger partial charge in [0, 0.05) is 18.3 Å². The third-order valence-corrected chi connectivity index (χ3v) is 2.63. The summed E-state index contributed by atoms with van der Waals surface area (Å²) < 4.78 is 13.3. The predicted octanol–water partition coefficient (Wildman–Crippen LogP) is 3.77. The van der Waals surface area contributed by atoms with Crippen LogP contribution in [0.3, 0.4) is 0 Å². The van der Waals surface area contributed by atoms with Crippen molar-refractivity contribution >= 4 is 11.6 Å². The number of aryl methyl sites for hydroxylation is 1. The Morgan fingerprint density at radius 2 is 2.06 bits per heavy atom. The number of halogens is 2. The third kappa shape index (κ3) is 2.58. The molecule has 0 radical (unpaired) electrons. The summed E-state index contributed by atoms with van der Waals surface area (Å²) in [4.78, 5) is 4.17. The summed E-state index contributed by atoms with van der Waals surface area (Å²) in [5.41, 5.74) is 2.46. The van der Waals surface area contributed by atoms with Crippen LogP contribution in [0, 0.1) is 12.7 Å². The van der Waals surface area contributed by atoms with E-state index in [2.05, 4.69) is 4.98 Å². The molecule has 82 valence electrons. The topological polar surface area (TPSA) is 12.9 Å². The summed E-state index contributed by atoms with van der Waals surface area (Å²) in [6.07, 6.45) is 2.22. The van der Waals surface area contributed by atoms with Crippen molar-refractivity contribution in [2.75, 3.05) is 0 Å². The fourth-order valence-electron chi connectivity index (χ4n) is 1.47. The summed E-state index contributed by atoms with van der Waals surface area (Å²) in [5, 5.41) is 0.610. The van der Waals surface area contributed by atoms with Crippen LogP contribution in [0.2, 0.25) is 5.02 Å². The van der Waals surface area contributed by atoms with E-state index in [0.717, 1.165) is 11.3 Å². The molecule has 2 aromatic rings. The van der Waals surface area contributed by atoms with Gasteiger partial charge in [-0.05, 0) is 36.2 Å². The molecule has 0 aliphatic carbocycles. The standard InChI is InChI=1S/C13H11ClFN/c1-9-2-3-10(7-13(9)15)6-12-5-4-11(14)8-16-12/h2-5,7-8H,6H2,1H3. The molecule has 2 rings (SSSR count). The molecule has 0 aliphatic heterocycles. The Morgan fingerprint density at radius 3 is 2.69 bits per heavy atom. The molecule has 1 heterocycles. The number of benzene rings is 1. The predicted molar refractivity (Wildman–Crippen MR) is 63.2 cm³/mol. The molecule has 16 heavy (non-hydrogen) atoms. The quantitative estimate of drug-likeness (QED) is 0.772. The van der Waals surface area contributed by atoms with Crippen LogP contribution in [0.25, 0.3) is 0 Å². The minimum Gasteiger partial charge on any atom is -0.259 e. The van der Waals surface area contributed by atoms with E-state index < -0.39 is 0 Å². The molecule has 0 aliphatic rings. The van der Waals surface area contributed by atoms with Gasteiger partial charge >= 0.3 is 0 Å². The summed E-state index contributed by atoms with van der Waals surface area (Å²) >= 11 is 5.74. The lowest BCUT2D eigenvalue weighted by Crippen LogP contribution is -1.93. The molecule has 1 aromatic carbocycles. The first-order valence-electron chi connectivity index (χ1n) is 5.00. The molecule has 0 amide bonds. The van der Waals surface area contributed by atoms with Crippen LogP contribution in [-0.4, -0.2) is 4.98 Å². The molecule has 0 fully saturated rings. The van der Waals surface area contributed by atoms with Gasteiger partial charge in [0.1, 0.15) is 5.82 Å². The Labute approximate surface area is 98.9 Å². The molecule has 0 bridgehead atoms. The summed E-state index contributed by atoms with van der Waals surface area (Å²) in [6, 6.07) is 8.87. The van der Waals surface area contributed by atoms with Crippen molar-refractivity contribution in [3.63, 3.8) is 0 Å². The van der Waals surface area contributed by atoms with E-state index in [0.29, 0.717) is 17.0 Å². The van der Waals surface area contributed by atoms with Crippen LogP contribution >= 0.6 is 11.6 Å². The SMILES string of the molecule is Cc1ccc(Cc2ccc(Cl)cn2)cc1F. The summed E-state index contributed by atoms with van der Waals surface area (Å²) in [5.74, 6) is -0.175. The van der Waals surface area contributed by atoms with Gasteiger partial charge in [0.05, 0.1) is 5.02 Å². The van der Waals surface area contributed by atoms with Gasteiger partial charge in [0.15, 0.2) is 0 Å². The van der Waals surface area contributed by atoms with Crippen molar-refractivity contribution in [2.45, 2.75) is 13.3 Å². The van der Waals surface area contributed by atoms with Crippen LogP contribution in [0.4, 0.5) is 4.39 Å². The van der Waals surface area contributed by atoms with E-state index in [-0.39, 0.29) is 5.82 Å². The van der Waals surface area contributed by atoms with E-state index in [9.17, 15) is 4.39 Å². The van der Waals surface area contributed by atoms with Crippen molar-refractivity contribution in [3.8, 4) is 0 Å². The number of hydrogen-bond donors (Lipinski definition) is 0. The van der Waals surface area contributed by atoms with Crippen LogP contribution in [0.5, 0.6) is 0 Å². The second-order valence-electron chi connectivity index (χ2n) is 3.73. The monoisotopic (exact) mass is 235 g/mol. The smallest absolute Gasteiger partial charge is 0.126 e. The highest BCUT2D eigenvalue weighted by molar-refractivity contribution is 6.30. The Bertz CT molecular complexity index is 494. The Kier molecular flexibility index (Phi) is 3.20. The number of aromatic nitrogens is 1. The van der Waals surface area contributed by atoms with E-state index in [1.165, 1.54) is 0 Å².